The van der Waals surface area contributed by atoms with Gasteiger partial charge in [0.1, 0.15) is 12.4 Å². The summed E-state index contributed by atoms with van der Waals surface area (Å²) in [5, 5.41) is 4.32. The molecule has 0 radical (unpaired) electrons. The van der Waals surface area contributed by atoms with Crippen molar-refractivity contribution >= 4 is 11.6 Å². The first kappa shape index (κ1) is 14.4. The Morgan fingerprint density at radius 2 is 1.88 bits per heavy atom. The SMILES string of the molecule is NC(=O)[C@@H]1Cc2ccccc2N1Cc1ncnn1-c1ccccc1. The van der Waals surface area contributed by atoms with E-state index in [2.05, 4.69) is 10.1 Å². The number of hydrogen-bond acceptors (Lipinski definition) is 4. The number of nitrogens with two attached hydrogens (primary N) is 1. The normalized spacial score (nSPS) is 16.2. The second-order valence-corrected chi connectivity index (χ2v) is 5.80. The number of carbonyl (C=O) groups excluding carboxylic acids is 1. The van der Waals surface area contributed by atoms with Crippen molar-refractivity contribution in [1.82, 2.24) is 14.8 Å². The third-order valence-electron chi connectivity index (χ3n) is 4.35. The summed E-state index contributed by atoms with van der Waals surface area (Å²) in [6.07, 6.45) is 2.16. The molecule has 120 valence electrons. The van der Waals surface area contributed by atoms with E-state index >= 15 is 0 Å². The smallest absolute Gasteiger partial charge is 0.240 e. The molecule has 6 nitrogen and oxygen atoms in total. The molecule has 3 aromatic rings. The summed E-state index contributed by atoms with van der Waals surface area (Å²) in [5.74, 6) is 0.445. The highest BCUT2D eigenvalue weighted by atomic mass is 16.1. The number of nitrogens with zero attached hydrogens (tertiary/aromatic N) is 4. The van der Waals surface area contributed by atoms with Crippen molar-refractivity contribution in [2.24, 2.45) is 5.73 Å². The summed E-state index contributed by atoms with van der Waals surface area (Å²) >= 11 is 0. The molecular formula is C18H17N5O. The largest absolute Gasteiger partial charge is 0.368 e. The second-order valence-electron chi connectivity index (χ2n) is 5.80. The van der Waals surface area contributed by atoms with Gasteiger partial charge in [0.05, 0.1) is 12.2 Å². The Kier molecular flexibility index (Phi) is 3.49. The van der Waals surface area contributed by atoms with Crippen molar-refractivity contribution in [3.05, 3.63) is 72.3 Å². The van der Waals surface area contributed by atoms with Crippen molar-refractivity contribution in [3.8, 4) is 5.69 Å². The quantitative estimate of drug-likeness (QED) is 0.794. The lowest BCUT2D eigenvalue weighted by Gasteiger charge is -2.25. The molecular weight excluding hydrogens is 302 g/mol. The topological polar surface area (TPSA) is 77.0 Å². The standard InChI is InChI=1S/C18H17N5O/c19-18(24)16-10-13-6-4-5-9-15(13)22(16)11-17-20-12-21-23(17)14-7-2-1-3-8-14/h1-9,12,16H,10-11H2,(H2,19,24)/t16-/m0/s1. The highest BCUT2D eigenvalue weighted by molar-refractivity contribution is 5.86. The van der Waals surface area contributed by atoms with E-state index in [0.29, 0.717) is 13.0 Å². The molecule has 2 N–H and O–H groups in total. The highest BCUT2D eigenvalue weighted by Gasteiger charge is 2.33. The van der Waals surface area contributed by atoms with E-state index in [4.69, 9.17) is 5.73 Å². The van der Waals surface area contributed by atoms with Crippen LogP contribution in [0.1, 0.15) is 11.4 Å². The van der Waals surface area contributed by atoms with E-state index in [1.807, 2.05) is 59.5 Å². The van der Waals surface area contributed by atoms with E-state index < -0.39 is 0 Å². The minimum absolute atomic E-state index is 0.322. The monoisotopic (exact) mass is 319 g/mol. The first-order valence-corrected chi connectivity index (χ1v) is 7.82. The lowest BCUT2D eigenvalue weighted by molar-refractivity contribution is -0.119. The van der Waals surface area contributed by atoms with Gasteiger partial charge in [-0.2, -0.15) is 5.10 Å². The molecule has 0 fully saturated rings. The minimum Gasteiger partial charge on any atom is -0.368 e. The molecule has 0 spiro atoms. The molecule has 1 amide bonds. The van der Waals surface area contributed by atoms with Gasteiger partial charge in [-0.25, -0.2) is 9.67 Å². The molecule has 6 heteroatoms. The van der Waals surface area contributed by atoms with Gasteiger partial charge in [0.25, 0.3) is 0 Å². The number of primary amides is 1. The van der Waals surface area contributed by atoms with Crippen LogP contribution in [-0.2, 0) is 17.8 Å². The summed E-state index contributed by atoms with van der Waals surface area (Å²) in [6, 6.07) is 17.5. The summed E-state index contributed by atoms with van der Waals surface area (Å²) in [5.41, 5.74) is 8.72. The number of aromatic nitrogens is 3. The van der Waals surface area contributed by atoms with Gasteiger partial charge in [-0.15, -0.1) is 0 Å². The van der Waals surface area contributed by atoms with Crippen molar-refractivity contribution in [2.75, 3.05) is 4.90 Å². The highest BCUT2D eigenvalue weighted by Crippen LogP contribution is 2.33. The van der Waals surface area contributed by atoms with Crippen LogP contribution >= 0.6 is 0 Å². The number of carbonyl (C=O) groups is 1. The molecule has 0 saturated heterocycles. The van der Waals surface area contributed by atoms with Gasteiger partial charge in [0.15, 0.2) is 5.82 Å². The molecule has 1 aliphatic rings. The third-order valence-corrected chi connectivity index (χ3v) is 4.35. The first-order chi connectivity index (χ1) is 11.7. The van der Waals surface area contributed by atoms with E-state index in [0.717, 1.165) is 22.8 Å². The maximum absolute atomic E-state index is 11.9. The predicted molar refractivity (Wildman–Crippen MR) is 90.7 cm³/mol. The lowest BCUT2D eigenvalue weighted by Crippen LogP contribution is -2.42. The zero-order valence-corrected chi connectivity index (χ0v) is 13.0. The maximum atomic E-state index is 11.9. The number of fused-ring (bicyclic) bond motifs is 1. The van der Waals surface area contributed by atoms with Crippen molar-refractivity contribution in [3.63, 3.8) is 0 Å². The Morgan fingerprint density at radius 1 is 1.12 bits per heavy atom. The van der Waals surface area contributed by atoms with E-state index in [9.17, 15) is 4.79 Å². The first-order valence-electron chi connectivity index (χ1n) is 7.82. The molecule has 0 aliphatic carbocycles. The van der Waals surface area contributed by atoms with Crippen molar-refractivity contribution in [2.45, 2.75) is 19.0 Å². The lowest BCUT2D eigenvalue weighted by atomic mass is 10.1. The van der Waals surface area contributed by atoms with Crippen LogP contribution in [0.3, 0.4) is 0 Å². The minimum atomic E-state index is -0.358. The number of hydrogen-bond donors (Lipinski definition) is 1. The molecule has 0 saturated carbocycles. The van der Waals surface area contributed by atoms with E-state index in [1.165, 1.54) is 6.33 Å². The second kappa shape index (κ2) is 5.81. The third kappa shape index (κ3) is 2.42. The zero-order valence-electron chi connectivity index (χ0n) is 13.0. The molecule has 2 heterocycles. The molecule has 1 aromatic heterocycles. The van der Waals surface area contributed by atoms with Gasteiger partial charge in [0.2, 0.25) is 5.91 Å². The van der Waals surface area contributed by atoms with Crippen molar-refractivity contribution in [1.29, 1.82) is 0 Å². The van der Waals surface area contributed by atoms with Crippen LogP contribution in [0.15, 0.2) is 60.9 Å². The van der Waals surface area contributed by atoms with Gasteiger partial charge in [-0.3, -0.25) is 4.79 Å². The van der Waals surface area contributed by atoms with E-state index in [-0.39, 0.29) is 11.9 Å². The van der Waals surface area contributed by atoms with Crippen LogP contribution in [0.25, 0.3) is 5.69 Å². The number of rotatable bonds is 4. The van der Waals surface area contributed by atoms with Gasteiger partial charge in [-0.05, 0) is 23.8 Å². The summed E-state index contributed by atoms with van der Waals surface area (Å²) < 4.78 is 1.79. The van der Waals surface area contributed by atoms with Crippen LogP contribution in [0.2, 0.25) is 0 Å². The Labute approximate surface area is 139 Å². The van der Waals surface area contributed by atoms with Crippen LogP contribution in [0.4, 0.5) is 5.69 Å². The van der Waals surface area contributed by atoms with Crippen LogP contribution in [0, 0.1) is 0 Å². The van der Waals surface area contributed by atoms with Gasteiger partial charge < -0.3 is 10.6 Å². The molecule has 1 atom stereocenters. The van der Waals surface area contributed by atoms with Crippen LogP contribution in [-0.4, -0.2) is 26.7 Å². The van der Waals surface area contributed by atoms with Gasteiger partial charge >= 0.3 is 0 Å². The number of benzene rings is 2. The summed E-state index contributed by atoms with van der Waals surface area (Å²) in [4.78, 5) is 18.3. The summed E-state index contributed by atoms with van der Waals surface area (Å²) in [7, 11) is 0. The zero-order chi connectivity index (χ0) is 16.5. The number of amides is 1. The Morgan fingerprint density at radius 3 is 2.67 bits per heavy atom. The number of anilines is 1. The Bertz CT molecular complexity index is 874. The van der Waals surface area contributed by atoms with Gasteiger partial charge in [-0.1, -0.05) is 36.4 Å². The maximum Gasteiger partial charge on any atom is 0.240 e. The predicted octanol–water partition coefficient (Wildman–Crippen LogP) is 1.68. The molecule has 1 aliphatic heterocycles. The fourth-order valence-corrected chi connectivity index (χ4v) is 3.21. The fraction of sp³-hybridized carbons (Fsp3) is 0.167. The Hall–Kier alpha value is -3.15. The Balaban J connectivity index is 1.70. The molecule has 0 bridgehead atoms. The fourth-order valence-electron chi connectivity index (χ4n) is 3.21. The summed E-state index contributed by atoms with van der Waals surface area (Å²) in [6.45, 7) is 0.472. The van der Waals surface area contributed by atoms with Crippen molar-refractivity contribution < 1.29 is 4.79 Å². The number of para-hydroxylation sites is 2. The average molecular weight is 319 g/mol. The molecule has 4 rings (SSSR count). The average Bonchev–Trinajstić information content (AvgIpc) is 3.21. The van der Waals surface area contributed by atoms with E-state index in [1.54, 1.807) is 4.68 Å². The molecule has 2 aromatic carbocycles. The van der Waals surface area contributed by atoms with Gasteiger partial charge in [0, 0.05) is 12.1 Å². The molecule has 0 unspecified atom stereocenters. The molecule has 24 heavy (non-hydrogen) atoms. The van der Waals surface area contributed by atoms with Crippen LogP contribution in [0.5, 0.6) is 0 Å². The van der Waals surface area contributed by atoms with Crippen LogP contribution < -0.4 is 10.6 Å².